The molecule has 0 heterocycles. The average molecular weight is 299 g/mol. The van der Waals surface area contributed by atoms with Gasteiger partial charge < -0.3 is 4.90 Å². The molecule has 0 saturated carbocycles. The molecule has 0 rings (SSSR count). The third kappa shape index (κ3) is 4.96. The molecule has 2 atom stereocenters. The van der Waals surface area contributed by atoms with Crippen LogP contribution in [0, 0.1) is 5.92 Å². The summed E-state index contributed by atoms with van der Waals surface area (Å²) in [5.41, 5.74) is 0.904. The number of hydrogen-bond acceptors (Lipinski definition) is 1. The van der Waals surface area contributed by atoms with Crippen LogP contribution >= 0.6 is 22.6 Å². The Kier molecular flexibility index (Phi) is 6.95. The lowest BCUT2D eigenvalue weighted by Crippen LogP contribution is -2.26. The third-order valence-electron chi connectivity index (χ3n) is 2.28. The molecule has 0 amide bonds. The molecule has 0 spiro atoms. The number of alkyl halides is 2. The summed E-state index contributed by atoms with van der Waals surface area (Å²) >= 11 is 1.83. The van der Waals surface area contributed by atoms with Crippen LogP contribution in [0.2, 0.25) is 0 Å². The Bertz CT molecular complexity index is 168. The van der Waals surface area contributed by atoms with Gasteiger partial charge in [-0.3, -0.25) is 0 Å². The van der Waals surface area contributed by atoms with Crippen molar-refractivity contribution in [3.8, 4) is 0 Å². The maximum atomic E-state index is 13.1. The molecule has 0 fully saturated rings. The minimum Gasteiger partial charge on any atom is -0.306 e. The fourth-order valence-corrected chi connectivity index (χ4v) is 2.30. The van der Waals surface area contributed by atoms with Gasteiger partial charge in [0.05, 0.1) is 0 Å². The molecule has 0 saturated heterocycles. The molecule has 0 bridgehead atoms. The predicted molar refractivity (Wildman–Crippen MR) is 65.0 cm³/mol. The van der Waals surface area contributed by atoms with Gasteiger partial charge in [0.2, 0.25) is 0 Å². The van der Waals surface area contributed by atoms with Crippen LogP contribution in [-0.4, -0.2) is 29.2 Å². The third-order valence-corrected chi connectivity index (χ3v) is 3.00. The minimum absolute atomic E-state index is 0.307. The summed E-state index contributed by atoms with van der Waals surface area (Å²) in [5, 5.41) is 0. The fraction of sp³-hybridized carbons (Fsp3) is 0.800. The lowest BCUT2D eigenvalue weighted by atomic mass is 10.0. The van der Waals surface area contributed by atoms with Gasteiger partial charge >= 0.3 is 0 Å². The summed E-state index contributed by atoms with van der Waals surface area (Å²) in [6.45, 7) is 8.04. The number of allylic oxidation sites excluding steroid dienone is 1. The van der Waals surface area contributed by atoms with E-state index in [0.717, 1.165) is 18.7 Å². The Morgan fingerprint density at radius 2 is 2.15 bits per heavy atom. The summed E-state index contributed by atoms with van der Waals surface area (Å²) < 4.78 is 12.2. The van der Waals surface area contributed by atoms with E-state index in [-0.39, 0.29) is 0 Å². The van der Waals surface area contributed by atoms with Crippen molar-refractivity contribution < 1.29 is 4.39 Å². The molecule has 0 aromatic heterocycles. The molecular weight excluding hydrogens is 280 g/mol. The van der Waals surface area contributed by atoms with Crippen molar-refractivity contribution in [2.24, 2.45) is 5.92 Å². The summed E-state index contributed by atoms with van der Waals surface area (Å²) in [6, 6.07) is 0. The number of hydrogen-bond donors (Lipinski definition) is 0. The van der Waals surface area contributed by atoms with Gasteiger partial charge in [-0.2, -0.15) is 0 Å². The van der Waals surface area contributed by atoms with Crippen molar-refractivity contribution in [2.75, 3.05) is 20.1 Å². The quantitative estimate of drug-likeness (QED) is 0.428. The second-order valence-electron chi connectivity index (χ2n) is 3.35. The van der Waals surface area contributed by atoms with Crippen molar-refractivity contribution in [3.05, 3.63) is 11.6 Å². The van der Waals surface area contributed by atoms with E-state index in [0.29, 0.717) is 5.92 Å². The second kappa shape index (κ2) is 6.76. The fourth-order valence-electron chi connectivity index (χ4n) is 1.33. The van der Waals surface area contributed by atoms with Crippen molar-refractivity contribution in [2.45, 2.75) is 24.9 Å². The van der Waals surface area contributed by atoms with Gasteiger partial charge in [-0.05, 0) is 54.6 Å². The lowest BCUT2D eigenvalue weighted by Gasteiger charge is -2.22. The van der Waals surface area contributed by atoms with Gasteiger partial charge in [0.15, 0.2) is 4.18 Å². The molecule has 0 aliphatic carbocycles. The summed E-state index contributed by atoms with van der Waals surface area (Å²) in [6.07, 6.45) is 1.89. The smallest absolute Gasteiger partial charge is 0.172 e. The largest absolute Gasteiger partial charge is 0.306 e. The molecular formula is C10H19FIN. The second-order valence-corrected chi connectivity index (χ2v) is 4.44. The maximum Gasteiger partial charge on any atom is 0.172 e. The van der Waals surface area contributed by atoms with Crippen LogP contribution in [0.3, 0.4) is 0 Å². The zero-order chi connectivity index (χ0) is 10.4. The Labute approximate surface area is 94.5 Å². The summed E-state index contributed by atoms with van der Waals surface area (Å²) in [4.78, 5) is 2.20. The van der Waals surface area contributed by atoms with E-state index >= 15 is 0 Å². The standard InChI is InChI=1S/C10H19FIN/c1-5-9(10(11)12)8(3)7-13(4)6-2/h5,8,10H,6-7H2,1-4H3/b9-5+/t8-,10+/m0/s1. The van der Waals surface area contributed by atoms with Gasteiger partial charge in [0.25, 0.3) is 0 Å². The van der Waals surface area contributed by atoms with E-state index < -0.39 is 4.18 Å². The van der Waals surface area contributed by atoms with E-state index in [1.165, 1.54) is 0 Å². The Morgan fingerprint density at radius 3 is 2.46 bits per heavy atom. The van der Waals surface area contributed by atoms with E-state index in [4.69, 9.17) is 0 Å². The molecule has 0 aromatic carbocycles. The summed E-state index contributed by atoms with van der Waals surface area (Å²) in [7, 11) is 2.06. The zero-order valence-corrected chi connectivity index (χ0v) is 11.0. The van der Waals surface area contributed by atoms with Crippen molar-refractivity contribution >= 4 is 22.6 Å². The number of halogens is 2. The van der Waals surface area contributed by atoms with Crippen LogP contribution < -0.4 is 0 Å². The van der Waals surface area contributed by atoms with E-state index in [2.05, 4.69) is 25.8 Å². The molecule has 78 valence electrons. The Morgan fingerprint density at radius 1 is 1.62 bits per heavy atom. The molecule has 0 radical (unpaired) electrons. The first kappa shape index (κ1) is 13.4. The minimum atomic E-state index is -0.845. The first-order valence-corrected chi connectivity index (χ1v) is 5.90. The predicted octanol–water partition coefficient (Wildman–Crippen LogP) is 3.25. The van der Waals surface area contributed by atoms with Gasteiger partial charge in [0, 0.05) is 6.54 Å². The van der Waals surface area contributed by atoms with Gasteiger partial charge in [-0.1, -0.05) is 19.9 Å². The topological polar surface area (TPSA) is 3.24 Å². The van der Waals surface area contributed by atoms with Crippen molar-refractivity contribution in [1.29, 1.82) is 0 Å². The SMILES string of the molecule is C/C=C(/[C@H](F)I)[C@@H](C)CN(C)CC. The van der Waals surface area contributed by atoms with E-state index in [1.807, 2.05) is 35.6 Å². The van der Waals surface area contributed by atoms with Gasteiger partial charge in [0.1, 0.15) is 0 Å². The normalized spacial score (nSPS) is 17.6. The Hall–Kier alpha value is 0.360. The van der Waals surface area contributed by atoms with Gasteiger partial charge in [-0.25, -0.2) is 4.39 Å². The zero-order valence-electron chi connectivity index (χ0n) is 8.85. The average Bonchev–Trinajstić information content (AvgIpc) is 2.04. The molecule has 0 aromatic rings. The maximum absolute atomic E-state index is 13.1. The van der Waals surface area contributed by atoms with Crippen molar-refractivity contribution in [1.82, 2.24) is 4.90 Å². The van der Waals surface area contributed by atoms with E-state index in [1.54, 1.807) is 0 Å². The first-order valence-electron chi connectivity index (χ1n) is 4.65. The summed E-state index contributed by atoms with van der Waals surface area (Å²) in [5.74, 6) is 0.307. The highest BCUT2D eigenvalue weighted by atomic mass is 127. The molecule has 0 unspecified atom stereocenters. The van der Waals surface area contributed by atoms with Crippen LogP contribution in [0.25, 0.3) is 0 Å². The highest BCUT2D eigenvalue weighted by Gasteiger charge is 2.16. The molecule has 3 heteroatoms. The van der Waals surface area contributed by atoms with Crippen LogP contribution in [0.1, 0.15) is 20.8 Å². The number of nitrogens with zero attached hydrogens (tertiary/aromatic N) is 1. The molecule has 1 nitrogen and oxygen atoms in total. The van der Waals surface area contributed by atoms with Crippen LogP contribution in [0.5, 0.6) is 0 Å². The highest BCUT2D eigenvalue weighted by Crippen LogP contribution is 2.22. The Balaban J connectivity index is 4.15. The van der Waals surface area contributed by atoms with Crippen LogP contribution in [0.15, 0.2) is 11.6 Å². The van der Waals surface area contributed by atoms with E-state index in [9.17, 15) is 4.39 Å². The van der Waals surface area contributed by atoms with Gasteiger partial charge in [-0.15, -0.1) is 0 Å². The molecule has 0 aliphatic rings. The molecule has 0 N–H and O–H groups in total. The van der Waals surface area contributed by atoms with Crippen molar-refractivity contribution in [3.63, 3.8) is 0 Å². The molecule has 13 heavy (non-hydrogen) atoms. The molecule has 0 aliphatic heterocycles. The monoisotopic (exact) mass is 299 g/mol. The van der Waals surface area contributed by atoms with Crippen LogP contribution in [0.4, 0.5) is 4.39 Å². The first-order chi connectivity index (χ1) is 6.02. The highest BCUT2D eigenvalue weighted by molar-refractivity contribution is 14.1. The lowest BCUT2D eigenvalue weighted by molar-refractivity contribution is 0.308. The van der Waals surface area contributed by atoms with Crippen LogP contribution in [-0.2, 0) is 0 Å². The number of rotatable bonds is 5.